The first-order chi connectivity index (χ1) is 9.57. The molecule has 3 rings (SSSR count). The van der Waals surface area contributed by atoms with Crippen molar-refractivity contribution in [3.8, 4) is 17.5 Å². The predicted molar refractivity (Wildman–Crippen MR) is 77.1 cm³/mol. The zero-order chi connectivity index (χ0) is 14.3. The Hall–Kier alpha value is -1.80. The zero-order valence-electron chi connectivity index (χ0n) is 11.6. The maximum Gasteiger partial charge on any atom is 0.232 e. The van der Waals surface area contributed by atoms with Gasteiger partial charge in [-0.25, -0.2) is 0 Å². The Morgan fingerprint density at radius 1 is 1.30 bits per heavy atom. The maximum atomic E-state index is 9.11. The van der Waals surface area contributed by atoms with Crippen molar-refractivity contribution in [1.29, 1.82) is 5.26 Å². The van der Waals surface area contributed by atoms with Gasteiger partial charge in [-0.3, -0.25) is 0 Å². The predicted octanol–water partition coefficient (Wildman–Crippen LogP) is 3.72. The summed E-state index contributed by atoms with van der Waals surface area (Å²) < 4.78 is 5.35. The third-order valence-corrected chi connectivity index (χ3v) is 4.77. The van der Waals surface area contributed by atoms with Crippen molar-refractivity contribution in [3.05, 3.63) is 30.2 Å². The average molecular weight is 285 g/mol. The van der Waals surface area contributed by atoms with Gasteiger partial charge in [0.1, 0.15) is 0 Å². The van der Waals surface area contributed by atoms with E-state index in [4.69, 9.17) is 9.78 Å². The van der Waals surface area contributed by atoms with Crippen molar-refractivity contribution in [2.75, 3.05) is 6.26 Å². The van der Waals surface area contributed by atoms with E-state index in [1.165, 1.54) is 4.90 Å². The number of aromatic nitrogens is 2. The fraction of sp³-hybridized carbons (Fsp3) is 0.400. The Balaban J connectivity index is 1.86. The van der Waals surface area contributed by atoms with Crippen LogP contribution in [0.3, 0.4) is 0 Å². The summed E-state index contributed by atoms with van der Waals surface area (Å²) in [6.07, 6.45) is 2.04. The topological polar surface area (TPSA) is 62.7 Å². The van der Waals surface area contributed by atoms with Crippen LogP contribution in [0, 0.1) is 22.7 Å². The summed E-state index contributed by atoms with van der Waals surface area (Å²) in [6, 6.07) is 10.4. The van der Waals surface area contributed by atoms with E-state index in [9.17, 15) is 0 Å². The zero-order valence-corrected chi connectivity index (χ0v) is 12.4. The Labute approximate surface area is 122 Å². The van der Waals surface area contributed by atoms with Gasteiger partial charge in [0.2, 0.25) is 11.7 Å². The summed E-state index contributed by atoms with van der Waals surface area (Å²) in [6.45, 7) is 4.12. The van der Waals surface area contributed by atoms with E-state index in [0.29, 0.717) is 11.7 Å². The van der Waals surface area contributed by atoms with Crippen molar-refractivity contribution in [2.45, 2.75) is 24.7 Å². The molecule has 0 aliphatic heterocycles. The monoisotopic (exact) mass is 285 g/mol. The molecule has 2 aromatic rings. The van der Waals surface area contributed by atoms with Crippen molar-refractivity contribution in [2.24, 2.45) is 11.3 Å². The summed E-state index contributed by atoms with van der Waals surface area (Å²) in [7, 11) is 0. The molecule has 1 aromatic heterocycles. The van der Waals surface area contributed by atoms with Crippen LogP contribution >= 0.6 is 11.8 Å². The largest absolute Gasteiger partial charge is 0.339 e. The maximum absolute atomic E-state index is 9.11. The molecule has 0 radical (unpaired) electrons. The Morgan fingerprint density at radius 3 is 2.55 bits per heavy atom. The van der Waals surface area contributed by atoms with Gasteiger partial charge in [-0.05, 0) is 35.9 Å². The molecule has 1 saturated carbocycles. The highest BCUT2D eigenvalue weighted by Gasteiger charge is 2.62. The molecule has 0 amide bonds. The summed E-state index contributed by atoms with van der Waals surface area (Å²) in [5.41, 5.74) is 0.867. The van der Waals surface area contributed by atoms with Crippen molar-refractivity contribution in [1.82, 2.24) is 10.1 Å². The molecule has 102 valence electrons. The molecule has 0 saturated heterocycles. The van der Waals surface area contributed by atoms with Crippen molar-refractivity contribution < 1.29 is 4.52 Å². The van der Waals surface area contributed by atoms with Crippen LogP contribution in [0.25, 0.3) is 11.4 Å². The van der Waals surface area contributed by atoms with E-state index >= 15 is 0 Å². The molecule has 1 heterocycles. The van der Waals surface area contributed by atoms with Crippen LogP contribution in [0.2, 0.25) is 0 Å². The summed E-state index contributed by atoms with van der Waals surface area (Å²) >= 11 is 1.70. The fourth-order valence-corrected chi connectivity index (χ4v) is 2.97. The normalized spacial score (nSPS) is 23.3. The van der Waals surface area contributed by atoms with Crippen LogP contribution < -0.4 is 0 Å². The number of nitriles is 1. The first-order valence-electron chi connectivity index (χ1n) is 6.45. The smallest absolute Gasteiger partial charge is 0.232 e. The van der Waals surface area contributed by atoms with Gasteiger partial charge in [0, 0.05) is 10.5 Å². The Bertz CT molecular complexity index is 669. The van der Waals surface area contributed by atoms with Gasteiger partial charge in [0.15, 0.2) is 0 Å². The van der Waals surface area contributed by atoms with Crippen LogP contribution in [0.5, 0.6) is 0 Å². The first kappa shape index (κ1) is 13.2. The van der Waals surface area contributed by atoms with Crippen molar-refractivity contribution in [3.63, 3.8) is 0 Å². The van der Waals surface area contributed by atoms with Gasteiger partial charge in [-0.15, -0.1) is 11.8 Å². The van der Waals surface area contributed by atoms with Gasteiger partial charge in [0.25, 0.3) is 0 Å². The van der Waals surface area contributed by atoms with Gasteiger partial charge >= 0.3 is 0 Å². The quantitative estimate of drug-likeness (QED) is 0.804. The lowest BCUT2D eigenvalue weighted by Crippen LogP contribution is -1.90. The lowest BCUT2D eigenvalue weighted by molar-refractivity contribution is 0.368. The lowest BCUT2D eigenvalue weighted by Gasteiger charge is -1.97. The fourth-order valence-electron chi connectivity index (χ4n) is 2.56. The molecule has 2 atom stereocenters. The summed E-state index contributed by atoms with van der Waals surface area (Å²) in [5.74, 6) is 1.19. The van der Waals surface area contributed by atoms with Gasteiger partial charge in [-0.2, -0.15) is 10.2 Å². The van der Waals surface area contributed by atoms with E-state index in [2.05, 4.69) is 30.1 Å². The van der Waals surface area contributed by atoms with Crippen molar-refractivity contribution >= 4 is 11.8 Å². The standard InChI is InChI=1S/C15H15N3OS/c1-15(2)11(8-16)12(15)14-17-13(18-19-14)9-4-6-10(20-3)7-5-9/h4-7,11-12H,1-3H3. The number of hydrogen-bond donors (Lipinski definition) is 0. The van der Waals surface area contributed by atoms with Gasteiger partial charge in [-0.1, -0.05) is 19.0 Å². The molecule has 0 bridgehead atoms. The molecule has 20 heavy (non-hydrogen) atoms. The molecule has 0 N–H and O–H groups in total. The Morgan fingerprint density at radius 2 is 2.00 bits per heavy atom. The van der Waals surface area contributed by atoms with E-state index < -0.39 is 0 Å². The van der Waals surface area contributed by atoms with Crippen LogP contribution in [0.15, 0.2) is 33.7 Å². The number of thioether (sulfide) groups is 1. The highest BCUT2D eigenvalue weighted by Crippen LogP contribution is 2.63. The second kappa shape index (κ2) is 4.64. The van der Waals surface area contributed by atoms with Crippen LogP contribution in [0.1, 0.15) is 25.7 Å². The number of rotatable bonds is 3. The molecule has 1 aromatic carbocycles. The molecule has 2 unspecified atom stereocenters. The second-order valence-corrected chi connectivity index (χ2v) is 6.47. The first-order valence-corrected chi connectivity index (χ1v) is 7.68. The molecule has 1 aliphatic rings. The molecule has 1 aliphatic carbocycles. The van der Waals surface area contributed by atoms with E-state index in [1.807, 2.05) is 30.5 Å². The molecule has 1 fully saturated rings. The minimum absolute atomic E-state index is 0.0327. The second-order valence-electron chi connectivity index (χ2n) is 5.59. The number of nitrogens with zero attached hydrogens (tertiary/aromatic N) is 3. The minimum Gasteiger partial charge on any atom is -0.339 e. The highest BCUT2D eigenvalue weighted by molar-refractivity contribution is 7.98. The minimum atomic E-state index is -0.0682. The van der Waals surface area contributed by atoms with E-state index in [1.54, 1.807) is 11.8 Å². The molecule has 4 nitrogen and oxygen atoms in total. The molecular weight excluding hydrogens is 270 g/mol. The molecular formula is C15H15N3OS. The summed E-state index contributed by atoms with van der Waals surface area (Å²) in [5, 5.41) is 13.1. The van der Waals surface area contributed by atoms with E-state index in [0.717, 1.165) is 5.56 Å². The summed E-state index contributed by atoms with van der Waals surface area (Å²) in [4.78, 5) is 5.66. The van der Waals surface area contributed by atoms with E-state index in [-0.39, 0.29) is 17.3 Å². The SMILES string of the molecule is CSc1ccc(-c2noc(C3C(C#N)C3(C)C)n2)cc1. The number of benzene rings is 1. The number of hydrogen-bond acceptors (Lipinski definition) is 5. The molecule has 0 spiro atoms. The van der Waals surface area contributed by atoms with Gasteiger partial charge < -0.3 is 4.52 Å². The van der Waals surface area contributed by atoms with Gasteiger partial charge in [0.05, 0.1) is 17.9 Å². The third-order valence-electron chi connectivity index (χ3n) is 4.02. The molecule has 5 heteroatoms. The van der Waals surface area contributed by atoms with Crippen LogP contribution in [0.4, 0.5) is 0 Å². The van der Waals surface area contributed by atoms with Crippen LogP contribution in [-0.2, 0) is 0 Å². The Kier molecular flexibility index (Phi) is 3.06. The average Bonchev–Trinajstić information content (AvgIpc) is 2.81. The lowest BCUT2D eigenvalue weighted by atomic mass is 10.1. The van der Waals surface area contributed by atoms with Crippen LogP contribution in [-0.4, -0.2) is 16.4 Å². The third kappa shape index (κ3) is 2.01. The highest BCUT2D eigenvalue weighted by atomic mass is 32.2.